The van der Waals surface area contributed by atoms with Gasteiger partial charge in [-0.15, -0.1) is 0 Å². The molecule has 17 heavy (non-hydrogen) atoms. The number of carbonyl (C=O) groups is 2. The van der Waals surface area contributed by atoms with Crippen molar-refractivity contribution in [1.82, 2.24) is 20.4 Å². The van der Waals surface area contributed by atoms with Crippen LogP contribution in [0.15, 0.2) is 0 Å². The largest absolute Gasteiger partial charge is 0.341 e. The molecule has 2 aliphatic rings. The monoisotopic (exact) mass is 240 g/mol. The topological polar surface area (TPSA) is 64.7 Å². The van der Waals surface area contributed by atoms with Crippen LogP contribution in [0.4, 0.5) is 4.79 Å². The Kier molecular flexibility index (Phi) is 3.83. The predicted octanol–water partition coefficient (Wildman–Crippen LogP) is -0.778. The highest BCUT2D eigenvalue weighted by atomic mass is 16.2. The zero-order valence-electron chi connectivity index (χ0n) is 10.2. The van der Waals surface area contributed by atoms with Crippen molar-refractivity contribution in [1.29, 1.82) is 0 Å². The van der Waals surface area contributed by atoms with E-state index < -0.39 is 0 Å². The molecule has 2 fully saturated rings. The second-order valence-corrected chi connectivity index (χ2v) is 4.57. The highest BCUT2D eigenvalue weighted by Gasteiger charge is 2.31. The summed E-state index contributed by atoms with van der Waals surface area (Å²) in [6.45, 7) is 3.46. The van der Waals surface area contributed by atoms with Gasteiger partial charge in [0.25, 0.3) is 0 Å². The Balaban J connectivity index is 1.81. The van der Waals surface area contributed by atoms with Gasteiger partial charge in [0.1, 0.15) is 0 Å². The van der Waals surface area contributed by atoms with E-state index in [1.54, 1.807) is 7.05 Å². The first-order valence-corrected chi connectivity index (χ1v) is 6.19. The third-order valence-corrected chi connectivity index (χ3v) is 3.48. The summed E-state index contributed by atoms with van der Waals surface area (Å²) in [6, 6.07) is 0.348. The summed E-state index contributed by atoms with van der Waals surface area (Å²) in [6.07, 6.45) is 1.78. The lowest BCUT2D eigenvalue weighted by Gasteiger charge is -2.36. The SMILES string of the molecule is CNCC(=O)N1CCC(N2CCNC2=O)CC1. The van der Waals surface area contributed by atoms with Crippen LogP contribution < -0.4 is 10.6 Å². The highest BCUT2D eigenvalue weighted by molar-refractivity contribution is 5.78. The van der Waals surface area contributed by atoms with Crippen LogP contribution >= 0.6 is 0 Å². The van der Waals surface area contributed by atoms with Gasteiger partial charge < -0.3 is 20.4 Å². The molecule has 3 amide bonds. The van der Waals surface area contributed by atoms with Crippen LogP contribution in [0.5, 0.6) is 0 Å². The van der Waals surface area contributed by atoms with Gasteiger partial charge in [0.2, 0.25) is 5.91 Å². The number of nitrogens with one attached hydrogen (secondary N) is 2. The number of likely N-dealkylation sites (N-methyl/N-ethyl adjacent to an activating group) is 1. The predicted molar refractivity (Wildman–Crippen MR) is 63.6 cm³/mol. The fourth-order valence-electron chi connectivity index (χ4n) is 2.52. The Morgan fingerprint density at radius 3 is 2.65 bits per heavy atom. The van der Waals surface area contributed by atoms with Crippen molar-refractivity contribution in [2.24, 2.45) is 0 Å². The van der Waals surface area contributed by atoms with Crippen molar-refractivity contribution < 1.29 is 9.59 Å². The minimum atomic E-state index is 0.0463. The van der Waals surface area contributed by atoms with Crippen molar-refractivity contribution >= 4 is 11.9 Å². The number of likely N-dealkylation sites (tertiary alicyclic amines) is 1. The van der Waals surface area contributed by atoms with Gasteiger partial charge in [0.15, 0.2) is 0 Å². The summed E-state index contributed by atoms with van der Waals surface area (Å²) in [5, 5.41) is 5.69. The van der Waals surface area contributed by atoms with Gasteiger partial charge in [-0.2, -0.15) is 0 Å². The van der Waals surface area contributed by atoms with Gasteiger partial charge >= 0.3 is 6.03 Å². The number of rotatable bonds is 3. The molecule has 2 saturated heterocycles. The van der Waals surface area contributed by atoms with E-state index >= 15 is 0 Å². The number of nitrogens with zero attached hydrogens (tertiary/aromatic N) is 2. The summed E-state index contributed by atoms with van der Waals surface area (Å²) in [5.74, 6) is 0.150. The van der Waals surface area contributed by atoms with Crippen LogP contribution in [0.3, 0.4) is 0 Å². The van der Waals surface area contributed by atoms with Crippen molar-refractivity contribution in [3.05, 3.63) is 0 Å². The number of carbonyl (C=O) groups excluding carboxylic acids is 2. The zero-order valence-corrected chi connectivity index (χ0v) is 10.2. The maximum Gasteiger partial charge on any atom is 0.317 e. The van der Waals surface area contributed by atoms with E-state index in [1.165, 1.54) is 0 Å². The maximum absolute atomic E-state index is 11.7. The van der Waals surface area contributed by atoms with Crippen LogP contribution in [0.2, 0.25) is 0 Å². The Labute approximate surface area is 101 Å². The standard InChI is InChI=1S/C11H20N4O2/c1-12-8-10(16)14-5-2-9(3-6-14)15-7-4-13-11(15)17/h9,12H,2-8H2,1H3,(H,13,17). The molecule has 0 saturated carbocycles. The summed E-state index contributed by atoms with van der Waals surface area (Å²) in [7, 11) is 1.78. The van der Waals surface area contributed by atoms with E-state index in [9.17, 15) is 9.59 Å². The van der Waals surface area contributed by atoms with Gasteiger partial charge in [-0.3, -0.25) is 4.79 Å². The number of piperidine rings is 1. The quantitative estimate of drug-likeness (QED) is 0.680. The molecule has 0 unspecified atom stereocenters. The van der Waals surface area contributed by atoms with Crippen molar-refractivity contribution in [2.75, 3.05) is 39.8 Å². The molecule has 2 heterocycles. The van der Waals surface area contributed by atoms with Crippen LogP contribution in [-0.2, 0) is 4.79 Å². The van der Waals surface area contributed by atoms with Crippen molar-refractivity contribution in [3.63, 3.8) is 0 Å². The minimum absolute atomic E-state index is 0.0463. The number of hydrogen-bond donors (Lipinski definition) is 2. The molecule has 2 aliphatic heterocycles. The Morgan fingerprint density at radius 2 is 2.12 bits per heavy atom. The molecule has 2 rings (SSSR count). The van der Waals surface area contributed by atoms with Crippen molar-refractivity contribution in [3.8, 4) is 0 Å². The number of urea groups is 1. The van der Waals surface area contributed by atoms with Crippen molar-refractivity contribution in [2.45, 2.75) is 18.9 Å². The first-order chi connectivity index (χ1) is 8.22. The Bertz CT molecular complexity index is 300. The molecule has 2 N–H and O–H groups in total. The minimum Gasteiger partial charge on any atom is -0.341 e. The molecule has 0 aromatic heterocycles. The number of amides is 3. The van der Waals surface area contributed by atoms with Gasteiger partial charge in [-0.25, -0.2) is 4.79 Å². The van der Waals surface area contributed by atoms with Gasteiger partial charge in [-0.1, -0.05) is 0 Å². The zero-order chi connectivity index (χ0) is 12.3. The smallest absolute Gasteiger partial charge is 0.317 e. The first-order valence-electron chi connectivity index (χ1n) is 6.19. The molecular formula is C11H20N4O2. The van der Waals surface area contributed by atoms with E-state index in [-0.39, 0.29) is 11.9 Å². The molecule has 6 nitrogen and oxygen atoms in total. The maximum atomic E-state index is 11.7. The lowest BCUT2D eigenvalue weighted by Crippen LogP contribution is -2.49. The molecule has 0 aromatic rings. The van der Waals surface area contributed by atoms with Gasteiger partial charge in [0, 0.05) is 32.2 Å². The van der Waals surface area contributed by atoms with E-state index in [4.69, 9.17) is 0 Å². The summed E-state index contributed by atoms with van der Waals surface area (Å²) >= 11 is 0. The second-order valence-electron chi connectivity index (χ2n) is 4.57. The normalized spacial score (nSPS) is 21.8. The van der Waals surface area contributed by atoms with Crippen LogP contribution in [0.25, 0.3) is 0 Å². The average Bonchev–Trinajstić information content (AvgIpc) is 2.76. The molecule has 0 bridgehead atoms. The molecule has 0 aliphatic carbocycles. The third kappa shape index (κ3) is 2.69. The first kappa shape index (κ1) is 12.2. The lowest BCUT2D eigenvalue weighted by atomic mass is 10.0. The molecular weight excluding hydrogens is 220 g/mol. The number of hydrogen-bond acceptors (Lipinski definition) is 3. The Morgan fingerprint density at radius 1 is 1.41 bits per heavy atom. The molecule has 0 radical (unpaired) electrons. The van der Waals surface area contributed by atoms with Crippen LogP contribution in [-0.4, -0.2) is 67.6 Å². The molecule has 0 aromatic carbocycles. The molecule has 96 valence electrons. The summed E-state index contributed by atoms with van der Waals surface area (Å²) in [4.78, 5) is 27.0. The summed E-state index contributed by atoms with van der Waals surface area (Å²) < 4.78 is 0. The van der Waals surface area contributed by atoms with Gasteiger partial charge in [0.05, 0.1) is 6.54 Å². The molecule has 6 heteroatoms. The van der Waals surface area contributed by atoms with E-state index in [0.29, 0.717) is 12.6 Å². The van der Waals surface area contributed by atoms with Crippen LogP contribution in [0, 0.1) is 0 Å². The average molecular weight is 240 g/mol. The molecule has 0 atom stereocenters. The third-order valence-electron chi connectivity index (χ3n) is 3.48. The van der Waals surface area contributed by atoms with Gasteiger partial charge in [-0.05, 0) is 19.9 Å². The second kappa shape index (κ2) is 5.35. The van der Waals surface area contributed by atoms with E-state index in [0.717, 1.165) is 39.0 Å². The lowest BCUT2D eigenvalue weighted by molar-refractivity contribution is -0.131. The highest BCUT2D eigenvalue weighted by Crippen LogP contribution is 2.18. The fraction of sp³-hybridized carbons (Fsp3) is 0.818. The molecule has 0 spiro atoms. The summed E-state index contributed by atoms with van der Waals surface area (Å²) in [5.41, 5.74) is 0. The van der Waals surface area contributed by atoms with E-state index in [1.807, 2.05) is 9.80 Å². The fourth-order valence-corrected chi connectivity index (χ4v) is 2.52. The van der Waals surface area contributed by atoms with Crippen LogP contribution in [0.1, 0.15) is 12.8 Å². The Hall–Kier alpha value is -1.30. The van der Waals surface area contributed by atoms with E-state index in [2.05, 4.69) is 10.6 Å².